The molecule has 0 aliphatic carbocycles. The van der Waals surface area contributed by atoms with Crippen LogP contribution in [-0.2, 0) is 23.1 Å². The lowest BCUT2D eigenvalue weighted by molar-refractivity contribution is -0.116. The highest BCUT2D eigenvalue weighted by Gasteiger charge is 2.15. The van der Waals surface area contributed by atoms with Gasteiger partial charge in [0.25, 0.3) is 0 Å². The number of thioether (sulfide) groups is 1. The van der Waals surface area contributed by atoms with Crippen LogP contribution in [0.1, 0.15) is 12.7 Å². The first-order valence-corrected chi connectivity index (χ1v) is 11.4. The summed E-state index contributed by atoms with van der Waals surface area (Å²) in [6, 6.07) is 12.0. The van der Waals surface area contributed by atoms with Gasteiger partial charge < -0.3 is 19.9 Å². The summed E-state index contributed by atoms with van der Waals surface area (Å²) >= 11 is 13.0. The SMILES string of the molecule is CCOc1ccc(NC(=O)Cc2nnc(SCC(=O)Nc3ccc(Cl)c(Cl)c3)n2C)cc1. The number of carbonyl (C=O) groups excluding carboxylic acids is 2. The molecule has 3 rings (SSSR count). The largest absolute Gasteiger partial charge is 0.494 e. The van der Waals surface area contributed by atoms with Gasteiger partial charge in [0.1, 0.15) is 11.6 Å². The quantitative estimate of drug-likeness (QED) is 0.427. The Bertz CT molecular complexity index is 1110. The van der Waals surface area contributed by atoms with Crippen molar-refractivity contribution >= 4 is 58.2 Å². The molecule has 0 bridgehead atoms. The molecule has 0 saturated heterocycles. The van der Waals surface area contributed by atoms with Gasteiger partial charge in [-0.15, -0.1) is 10.2 Å². The number of hydrogen-bond donors (Lipinski definition) is 2. The summed E-state index contributed by atoms with van der Waals surface area (Å²) in [4.78, 5) is 24.6. The number of nitrogens with zero attached hydrogens (tertiary/aromatic N) is 3. The van der Waals surface area contributed by atoms with Crippen molar-refractivity contribution in [2.24, 2.45) is 7.05 Å². The van der Waals surface area contributed by atoms with E-state index >= 15 is 0 Å². The molecule has 0 aliphatic heterocycles. The standard InChI is InChI=1S/C21H21Cl2N5O3S/c1-3-31-15-7-4-13(5-8-15)24-19(29)11-18-26-27-21(28(18)2)32-12-20(30)25-14-6-9-16(22)17(23)10-14/h4-10H,3,11-12H2,1-2H3,(H,24,29)(H,25,30). The summed E-state index contributed by atoms with van der Waals surface area (Å²) < 4.78 is 7.08. The lowest BCUT2D eigenvalue weighted by Gasteiger charge is -2.08. The number of carbonyl (C=O) groups is 2. The normalized spacial score (nSPS) is 10.6. The number of hydrogen-bond acceptors (Lipinski definition) is 6. The highest BCUT2D eigenvalue weighted by molar-refractivity contribution is 7.99. The molecule has 2 aromatic carbocycles. The Morgan fingerprint density at radius 3 is 2.38 bits per heavy atom. The highest BCUT2D eigenvalue weighted by Crippen LogP contribution is 2.25. The van der Waals surface area contributed by atoms with E-state index in [-0.39, 0.29) is 24.0 Å². The highest BCUT2D eigenvalue weighted by atomic mass is 35.5. The van der Waals surface area contributed by atoms with E-state index < -0.39 is 0 Å². The fraction of sp³-hybridized carbons (Fsp3) is 0.238. The molecule has 3 aromatic rings. The summed E-state index contributed by atoms with van der Waals surface area (Å²) in [7, 11) is 1.75. The van der Waals surface area contributed by atoms with Crippen LogP contribution in [0.2, 0.25) is 10.0 Å². The molecule has 0 unspecified atom stereocenters. The Kier molecular flexibility index (Phi) is 8.38. The minimum atomic E-state index is -0.230. The molecule has 1 aromatic heterocycles. The number of anilines is 2. The first-order chi connectivity index (χ1) is 15.4. The lowest BCUT2D eigenvalue weighted by Crippen LogP contribution is -2.17. The lowest BCUT2D eigenvalue weighted by atomic mass is 10.3. The molecule has 0 saturated carbocycles. The van der Waals surface area contributed by atoms with Gasteiger partial charge in [0, 0.05) is 18.4 Å². The molecule has 168 valence electrons. The van der Waals surface area contributed by atoms with E-state index in [1.54, 1.807) is 54.1 Å². The number of amides is 2. The van der Waals surface area contributed by atoms with Gasteiger partial charge in [0.15, 0.2) is 5.16 Å². The molecule has 11 heteroatoms. The maximum atomic E-state index is 12.4. The van der Waals surface area contributed by atoms with E-state index in [1.165, 1.54) is 11.8 Å². The van der Waals surface area contributed by atoms with E-state index in [0.717, 1.165) is 5.75 Å². The van der Waals surface area contributed by atoms with Gasteiger partial charge in [-0.2, -0.15) is 0 Å². The van der Waals surface area contributed by atoms with Crippen molar-refractivity contribution in [3.05, 3.63) is 58.3 Å². The maximum absolute atomic E-state index is 12.4. The van der Waals surface area contributed by atoms with Crippen molar-refractivity contribution in [3.63, 3.8) is 0 Å². The van der Waals surface area contributed by atoms with Crippen molar-refractivity contribution in [2.45, 2.75) is 18.5 Å². The van der Waals surface area contributed by atoms with Gasteiger partial charge in [-0.25, -0.2) is 0 Å². The molecule has 0 atom stereocenters. The summed E-state index contributed by atoms with van der Waals surface area (Å²) in [6.07, 6.45) is 0.0484. The number of nitrogens with one attached hydrogen (secondary N) is 2. The maximum Gasteiger partial charge on any atom is 0.234 e. The van der Waals surface area contributed by atoms with Crippen LogP contribution in [0.3, 0.4) is 0 Å². The molecular weight excluding hydrogens is 473 g/mol. The molecular formula is C21H21Cl2N5O3S. The van der Waals surface area contributed by atoms with Crippen LogP contribution in [0.5, 0.6) is 5.75 Å². The van der Waals surface area contributed by atoms with Crippen molar-refractivity contribution < 1.29 is 14.3 Å². The van der Waals surface area contributed by atoms with Crippen LogP contribution in [0.15, 0.2) is 47.6 Å². The average molecular weight is 494 g/mol. The topological polar surface area (TPSA) is 98.1 Å². The monoisotopic (exact) mass is 493 g/mol. The predicted molar refractivity (Wildman–Crippen MR) is 127 cm³/mol. The van der Waals surface area contributed by atoms with Gasteiger partial charge in [0.05, 0.1) is 28.8 Å². The first-order valence-electron chi connectivity index (χ1n) is 9.64. The van der Waals surface area contributed by atoms with Crippen LogP contribution in [0, 0.1) is 0 Å². The van der Waals surface area contributed by atoms with E-state index in [1.807, 2.05) is 6.92 Å². The molecule has 0 fully saturated rings. The van der Waals surface area contributed by atoms with E-state index in [9.17, 15) is 9.59 Å². The third-order valence-electron chi connectivity index (χ3n) is 4.23. The molecule has 8 nitrogen and oxygen atoms in total. The summed E-state index contributed by atoms with van der Waals surface area (Å²) in [5.41, 5.74) is 1.21. The van der Waals surface area contributed by atoms with Crippen LogP contribution >= 0.6 is 35.0 Å². The van der Waals surface area contributed by atoms with Gasteiger partial charge in [-0.3, -0.25) is 9.59 Å². The Labute approximate surface area is 199 Å². The second-order valence-corrected chi connectivity index (χ2v) is 8.36. The summed E-state index contributed by atoms with van der Waals surface area (Å²) in [5, 5.41) is 15.0. The van der Waals surface area contributed by atoms with Gasteiger partial charge in [-0.05, 0) is 49.4 Å². The van der Waals surface area contributed by atoms with E-state index in [0.29, 0.717) is 39.0 Å². The van der Waals surface area contributed by atoms with Gasteiger partial charge in [0.2, 0.25) is 11.8 Å². The van der Waals surface area contributed by atoms with Crippen LogP contribution in [0.25, 0.3) is 0 Å². The van der Waals surface area contributed by atoms with E-state index in [2.05, 4.69) is 20.8 Å². The summed E-state index contributed by atoms with van der Waals surface area (Å²) in [5.74, 6) is 0.888. The van der Waals surface area contributed by atoms with Gasteiger partial charge >= 0.3 is 0 Å². The predicted octanol–water partition coefficient (Wildman–Crippen LogP) is 4.43. The zero-order valence-electron chi connectivity index (χ0n) is 17.4. The number of rotatable bonds is 9. The third kappa shape index (κ3) is 6.62. The van der Waals surface area contributed by atoms with Crippen molar-refractivity contribution in [1.29, 1.82) is 0 Å². The van der Waals surface area contributed by atoms with Crippen LogP contribution < -0.4 is 15.4 Å². The first kappa shape index (κ1) is 23.9. The van der Waals surface area contributed by atoms with Crippen molar-refractivity contribution in [2.75, 3.05) is 23.0 Å². The molecule has 2 N–H and O–H groups in total. The molecule has 2 amide bonds. The van der Waals surface area contributed by atoms with Crippen LogP contribution in [0.4, 0.5) is 11.4 Å². The number of ether oxygens (including phenoxy) is 1. The van der Waals surface area contributed by atoms with E-state index in [4.69, 9.17) is 27.9 Å². The zero-order chi connectivity index (χ0) is 23.1. The minimum Gasteiger partial charge on any atom is -0.494 e. The fourth-order valence-corrected chi connectivity index (χ4v) is 3.70. The van der Waals surface area contributed by atoms with Crippen molar-refractivity contribution in [3.8, 4) is 5.75 Å². The molecule has 32 heavy (non-hydrogen) atoms. The Hall–Kier alpha value is -2.75. The number of benzene rings is 2. The Morgan fingerprint density at radius 2 is 1.69 bits per heavy atom. The van der Waals surface area contributed by atoms with Crippen molar-refractivity contribution in [1.82, 2.24) is 14.8 Å². The third-order valence-corrected chi connectivity index (χ3v) is 5.99. The number of aromatic nitrogens is 3. The smallest absolute Gasteiger partial charge is 0.234 e. The minimum absolute atomic E-state index is 0.0484. The van der Waals surface area contributed by atoms with Gasteiger partial charge in [-0.1, -0.05) is 35.0 Å². The molecule has 0 spiro atoms. The second kappa shape index (κ2) is 11.2. The molecule has 0 aliphatic rings. The average Bonchev–Trinajstić information content (AvgIpc) is 3.10. The summed E-state index contributed by atoms with van der Waals surface area (Å²) in [6.45, 7) is 2.49. The second-order valence-electron chi connectivity index (χ2n) is 6.61. The Balaban J connectivity index is 1.51. The number of halogens is 2. The Morgan fingerprint density at radius 1 is 1.00 bits per heavy atom. The molecule has 1 heterocycles. The molecule has 0 radical (unpaired) electrons. The van der Waals surface area contributed by atoms with Crippen LogP contribution in [-0.4, -0.2) is 38.9 Å². The zero-order valence-corrected chi connectivity index (χ0v) is 19.7. The fourth-order valence-electron chi connectivity index (χ4n) is 2.68.